The number of hydrogen-bond donors (Lipinski definition) is 0. The maximum absolute atomic E-state index is 15.5. The summed E-state index contributed by atoms with van der Waals surface area (Å²) in [4.78, 5) is 0. The molecule has 2 nitrogen and oxygen atoms in total. The lowest BCUT2D eigenvalue weighted by Gasteiger charge is -2.68. The topological polar surface area (TPSA) is 18.5 Å². The molecule has 6 fully saturated rings. The molecular weight excluding hydrogens is 317 g/mol. The SMILES string of the molecule is COCOC12CCC(C34CCC(C)(CC3)CC4)(CC1)C(F)(F)C2F. The highest BCUT2D eigenvalue weighted by Gasteiger charge is 2.78. The molecule has 0 amide bonds. The Hall–Kier alpha value is -0.290. The molecule has 1 atom stereocenters. The summed E-state index contributed by atoms with van der Waals surface area (Å²) in [5, 5.41) is 0. The normalized spacial score (nSPS) is 52.6. The maximum atomic E-state index is 15.5. The number of methoxy groups -OCH3 is 1. The van der Waals surface area contributed by atoms with Crippen LogP contribution in [0.4, 0.5) is 13.2 Å². The van der Waals surface area contributed by atoms with Gasteiger partial charge in [-0.25, -0.2) is 13.2 Å². The van der Waals surface area contributed by atoms with E-state index in [9.17, 15) is 0 Å². The molecule has 138 valence electrons. The Kier molecular flexibility index (Phi) is 3.66. The van der Waals surface area contributed by atoms with Crippen LogP contribution in [0, 0.1) is 16.2 Å². The van der Waals surface area contributed by atoms with Crippen molar-refractivity contribution in [3.8, 4) is 0 Å². The van der Waals surface area contributed by atoms with Gasteiger partial charge in [-0.15, -0.1) is 0 Å². The molecule has 6 aliphatic rings. The maximum Gasteiger partial charge on any atom is 0.287 e. The second kappa shape index (κ2) is 5.12. The smallest absolute Gasteiger partial charge is 0.287 e. The van der Waals surface area contributed by atoms with E-state index in [-0.39, 0.29) is 12.2 Å². The minimum Gasteiger partial charge on any atom is -0.359 e. The Morgan fingerprint density at radius 1 is 0.875 bits per heavy atom. The van der Waals surface area contributed by atoms with Crippen LogP contribution in [-0.4, -0.2) is 31.6 Å². The zero-order valence-corrected chi connectivity index (χ0v) is 14.8. The van der Waals surface area contributed by atoms with Crippen LogP contribution in [0.3, 0.4) is 0 Å². The molecule has 1 unspecified atom stereocenters. The van der Waals surface area contributed by atoms with Gasteiger partial charge in [0.15, 0.2) is 6.17 Å². The first kappa shape index (κ1) is 17.1. The fourth-order valence-electron chi connectivity index (χ4n) is 6.63. The second-order valence-electron chi connectivity index (χ2n) is 9.27. The summed E-state index contributed by atoms with van der Waals surface area (Å²) >= 11 is 0. The molecular formula is C19H29F3O2. The summed E-state index contributed by atoms with van der Waals surface area (Å²) in [5.41, 5.74) is -2.56. The molecule has 0 aliphatic heterocycles. The van der Waals surface area contributed by atoms with Gasteiger partial charge in [-0.3, -0.25) is 0 Å². The number of alkyl halides is 3. The van der Waals surface area contributed by atoms with Crippen LogP contribution < -0.4 is 0 Å². The van der Waals surface area contributed by atoms with E-state index >= 15 is 13.2 Å². The van der Waals surface area contributed by atoms with Crippen molar-refractivity contribution in [2.75, 3.05) is 13.9 Å². The molecule has 0 radical (unpaired) electrons. The van der Waals surface area contributed by atoms with Crippen molar-refractivity contribution >= 4 is 0 Å². The fourth-order valence-corrected chi connectivity index (χ4v) is 6.63. The summed E-state index contributed by atoms with van der Waals surface area (Å²) in [5.74, 6) is -3.30. The van der Waals surface area contributed by atoms with Gasteiger partial charge in [-0.05, 0) is 75.0 Å². The van der Waals surface area contributed by atoms with Crippen molar-refractivity contribution in [1.82, 2.24) is 0 Å². The molecule has 5 heteroatoms. The van der Waals surface area contributed by atoms with E-state index < -0.39 is 23.1 Å². The van der Waals surface area contributed by atoms with Crippen molar-refractivity contribution in [2.24, 2.45) is 16.2 Å². The van der Waals surface area contributed by atoms with E-state index in [1.807, 2.05) is 0 Å². The summed E-state index contributed by atoms with van der Waals surface area (Å²) in [6, 6.07) is 0. The van der Waals surface area contributed by atoms with E-state index in [0.717, 1.165) is 38.5 Å². The number of rotatable bonds is 4. The second-order valence-corrected chi connectivity index (χ2v) is 9.27. The molecule has 4 bridgehead atoms. The Morgan fingerprint density at radius 3 is 1.92 bits per heavy atom. The van der Waals surface area contributed by atoms with Crippen LogP contribution >= 0.6 is 0 Å². The van der Waals surface area contributed by atoms with Crippen LogP contribution in [0.15, 0.2) is 0 Å². The minimum absolute atomic E-state index is 0.118. The molecule has 0 heterocycles. The average Bonchev–Trinajstić information content (AvgIpc) is 2.59. The predicted octanol–water partition coefficient (Wildman–Crippen LogP) is 5.25. The third kappa shape index (κ3) is 1.92. The summed E-state index contributed by atoms with van der Waals surface area (Å²) < 4.78 is 56.4. The summed E-state index contributed by atoms with van der Waals surface area (Å²) in [6.07, 6.45) is 4.95. The highest BCUT2D eigenvalue weighted by Crippen LogP contribution is 2.75. The average molecular weight is 346 g/mol. The molecule has 0 aromatic carbocycles. The van der Waals surface area contributed by atoms with Gasteiger partial charge in [0.1, 0.15) is 12.4 Å². The Morgan fingerprint density at radius 2 is 1.42 bits per heavy atom. The first-order valence-electron chi connectivity index (χ1n) is 9.40. The number of halogens is 3. The number of ether oxygens (including phenoxy) is 2. The first-order valence-corrected chi connectivity index (χ1v) is 9.40. The first-order chi connectivity index (χ1) is 11.3. The van der Waals surface area contributed by atoms with Gasteiger partial charge >= 0.3 is 0 Å². The zero-order chi connectivity index (χ0) is 17.3. The van der Waals surface area contributed by atoms with Crippen molar-refractivity contribution in [2.45, 2.75) is 88.8 Å². The molecule has 0 spiro atoms. The van der Waals surface area contributed by atoms with Crippen LogP contribution in [0.5, 0.6) is 0 Å². The Bertz CT molecular complexity index is 486. The zero-order valence-electron chi connectivity index (χ0n) is 14.8. The third-order valence-corrected chi connectivity index (χ3v) is 8.47. The van der Waals surface area contributed by atoms with Crippen LogP contribution in [-0.2, 0) is 9.47 Å². The molecule has 0 N–H and O–H groups in total. The van der Waals surface area contributed by atoms with Gasteiger partial charge in [-0.1, -0.05) is 6.92 Å². The van der Waals surface area contributed by atoms with Crippen molar-refractivity contribution in [1.29, 1.82) is 0 Å². The van der Waals surface area contributed by atoms with E-state index in [0.29, 0.717) is 31.1 Å². The fraction of sp³-hybridized carbons (Fsp3) is 1.00. The van der Waals surface area contributed by atoms with E-state index in [4.69, 9.17) is 9.47 Å². The lowest BCUT2D eigenvalue weighted by atomic mass is 9.38. The minimum atomic E-state index is -3.30. The van der Waals surface area contributed by atoms with E-state index in [2.05, 4.69) is 6.92 Å². The molecule has 0 aromatic heterocycles. The molecule has 0 saturated heterocycles. The Balaban J connectivity index is 1.68. The quantitative estimate of drug-likeness (QED) is 0.647. The summed E-state index contributed by atoms with van der Waals surface area (Å²) in [6.45, 7) is 2.17. The van der Waals surface area contributed by atoms with Gasteiger partial charge in [0.05, 0.1) is 0 Å². The standard InChI is InChI=1S/C19H29F3O2/c1-15-3-6-16(7-4-15,8-5-15)18-11-9-17(10-12-18,24-13-23-2)14(20)19(18,21)22/h14H,3-13H2,1-2H3. The van der Waals surface area contributed by atoms with Gasteiger partial charge in [0.2, 0.25) is 0 Å². The van der Waals surface area contributed by atoms with Crippen LogP contribution in [0.2, 0.25) is 0 Å². The highest BCUT2D eigenvalue weighted by atomic mass is 19.3. The molecule has 6 rings (SSSR count). The molecule has 0 aromatic rings. The van der Waals surface area contributed by atoms with Gasteiger partial charge in [0, 0.05) is 12.5 Å². The predicted molar refractivity (Wildman–Crippen MR) is 84.7 cm³/mol. The summed E-state index contributed by atoms with van der Waals surface area (Å²) in [7, 11) is 1.44. The molecule has 6 saturated carbocycles. The lowest BCUT2D eigenvalue weighted by molar-refractivity contribution is -0.348. The number of hydrogen-bond acceptors (Lipinski definition) is 2. The molecule has 6 aliphatic carbocycles. The Labute approximate surface area is 142 Å². The highest BCUT2D eigenvalue weighted by molar-refractivity contribution is 5.22. The van der Waals surface area contributed by atoms with E-state index in [1.165, 1.54) is 7.11 Å². The number of fused-ring (bicyclic) bond motifs is 6. The van der Waals surface area contributed by atoms with Crippen molar-refractivity contribution in [3.05, 3.63) is 0 Å². The van der Waals surface area contributed by atoms with E-state index in [1.54, 1.807) is 0 Å². The van der Waals surface area contributed by atoms with Gasteiger partial charge in [0.25, 0.3) is 5.92 Å². The van der Waals surface area contributed by atoms with Crippen molar-refractivity contribution in [3.63, 3.8) is 0 Å². The lowest BCUT2D eigenvalue weighted by Crippen LogP contribution is -2.73. The van der Waals surface area contributed by atoms with Crippen LogP contribution in [0.1, 0.15) is 71.1 Å². The van der Waals surface area contributed by atoms with Crippen LogP contribution in [0.25, 0.3) is 0 Å². The monoisotopic (exact) mass is 346 g/mol. The van der Waals surface area contributed by atoms with Gasteiger partial charge in [-0.2, -0.15) is 0 Å². The van der Waals surface area contributed by atoms with Gasteiger partial charge < -0.3 is 9.47 Å². The van der Waals surface area contributed by atoms with Crippen molar-refractivity contribution < 1.29 is 22.6 Å². The largest absolute Gasteiger partial charge is 0.359 e. The third-order valence-electron chi connectivity index (χ3n) is 8.47. The molecule has 24 heavy (non-hydrogen) atoms.